The lowest BCUT2D eigenvalue weighted by molar-refractivity contribution is -0.107. The van der Waals surface area contributed by atoms with E-state index in [-0.39, 0.29) is 0 Å². The Bertz CT molecular complexity index is 673. The van der Waals surface area contributed by atoms with Crippen LogP contribution in [-0.4, -0.2) is 6.29 Å². The van der Waals surface area contributed by atoms with Crippen LogP contribution in [0.3, 0.4) is 0 Å². The number of rotatable bonds is 7. The van der Waals surface area contributed by atoms with Crippen molar-refractivity contribution in [3.63, 3.8) is 0 Å². The van der Waals surface area contributed by atoms with Gasteiger partial charge >= 0.3 is 0 Å². The van der Waals surface area contributed by atoms with Crippen LogP contribution in [0.25, 0.3) is 0 Å². The molecule has 2 nitrogen and oxygen atoms in total. The van der Waals surface area contributed by atoms with Gasteiger partial charge in [-0.2, -0.15) is 0 Å². The molecule has 0 saturated heterocycles. The number of aldehydes is 1. The molecule has 0 amide bonds. The fourth-order valence-corrected chi connectivity index (χ4v) is 3.03. The third kappa shape index (κ3) is 3.89. The summed E-state index contributed by atoms with van der Waals surface area (Å²) in [5.74, 6) is 1.43. The van der Waals surface area contributed by atoms with Gasteiger partial charge < -0.3 is 9.53 Å². The van der Waals surface area contributed by atoms with Gasteiger partial charge in [0.05, 0.1) is 0 Å². The highest BCUT2D eigenvalue weighted by atomic mass is 16.5. The predicted octanol–water partition coefficient (Wildman–Crippen LogP) is 5.05. The molecule has 0 N–H and O–H groups in total. The number of allylic oxidation sites excluding steroid dienone is 2. The summed E-state index contributed by atoms with van der Waals surface area (Å²) in [7, 11) is 0. The van der Waals surface area contributed by atoms with E-state index in [0.717, 1.165) is 24.9 Å². The molecule has 0 heterocycles. The first-order valence-corrected chi connectivity index (χ1v) is 8.26. The van der Waals surface area contributed by atoms with E-state index in [4.69, 9.17) is 4.74 Å². The quantitative estimate of drug-likeness (QED) is 0.406. The zero-order valence-electron chi connectivity index (χ0n) is 13.3. The van der Waals surface area contributed by atoms with Crippen LogP contribution >= 0.6 is 0 Å². The van der Waals surface area contributed by atoms with Gasteiger partial charge in [0.25, 0.3) is 0 Å². The molecule has 1 aliphatic rings. The van der Waals surface area contributed by atoms with Crippen molar-refractivity contribution in [1.82, 2.24) is 0 Å². The minimum Gasteiger partial charge on any atom is -0.489 e. The third-order valence-corrected chi connectivity index (χ3v) is 4.39. The molecule has 1 atom stereocenters. The molecule has 1 fully saturated rings. The fraction of sp³-hybridized carbons (Fsp3) is 0.286. The first-order valence-electron chi connectivity index (χ1n) is 8.26. The van der Waals surface area contributed by atoms with E-state index in [1.807, 2.05) is 24.3 Å². The van der Waals surface area contributed by atoms with Crippen LogP contribution in [0.15, 0.2) is 66.2 Å². The topological polar surface area (TPSA) is 26.3 Å². The highest BCUT2D eigenvalue weighted by Crippen LogP contribution is 2.45. The maximum absolute atomic E-state index is 10.5. The summed E-state index contributed by atoms with van der Waals surface area (Å²) in [5, 5.41) is 0. The van der Waals surface area contributed by atoms with Crippen molar-refractivity contribution in [3.8, 4) is 5.75 Å². The maximum Gasteiger partial charge on any atom is 0.123 e. The lowest BCUT2D eigenvalue weighted by Gasteiger charge is -2.32. The summed E-state index contributed by atoms with van der Waals surface area (Å²) in [4.78, 5) is 10.5. The molecule has 23 heavy (non-hydrogen) atoms. The number of benzene rings is 2. The van der Waals surface area contributed by atoms with Crippen molar-refractivity contribution >= 4 is 6.29 Å². The summed E-state index contributed by atoms with van der Waals surface area (Å²) in [6, 6.07) is 18.6. The van der Waals surface area contributed by atoms with Crippen LogP contribution in [0.1, 0.15) is 42.7 Å². The standard InChI is InChI=1S/C21H22O2/c22-15-7-6-10-18-13-14-19(18)20-11-4-5-12-21(20)23-16-17-8-2-1-3-9-17/h1-5,8-12,15,19H,6-7,13-14,16H2/b18-10+. The number of para-hydroxylation sites is 1. The maximum atomic E-state index is 10.5. The van der Waals surface area contributed by atoms with Crippen molar-refractivity contribution < 1.29 is 9.53 Å². The molecule has 1 unspecified atom stereocenters. The third-order valence-electron chi connectivity index (χ3n) is 4.39. The number of unbranched alkanes of at least 4 members (excludes halogenated alkanes) is 1. The summed E-state index contributed by atoms with van der Waals surface area (Å²) in [6.45, 7) is 0.592. The van der Waals surface area contributed by atoms with Crippen molar-refractivity contribution in [3.05, 3.63) is 77.4 Å². The lowest BCUT2D eigenvalue weighted by Crippen LogP contribution is -2.15. The normalized spacial score (nSPS) is 18.4. The molecule has 2 heteroatoms. The Hall–Kier alpha value is -2.35. The van der Waals surface area contributed by atoms with Gasteiger partial charge in [-0.1, -0.05) is 60.2 Å². The molecule has 0 aromatic heterocycles. The molecule has 0 bridgehead atoms. The number of carbonyl (C=O) groups is 1. The SMILES string of the molecule is O=CCC/C=C1\CCC1c1ccccc1OCc1ccccc1. The zero-order chi connectivity index (χ0) is 15.9. The molecule has 1 aliphatic carbocycles. The molecule has 118 valence electrons. The van der Waals surface area contributed by atoms with Crippen LogP contribution in [-0.2, 0) is 11.4 Å². The number of hydrogen-bond acceptors (Lipinski definition) is 2. The molecular formula is C21H22O2. The van der Waals surface area contributed by atoms with Gasteiger partial charge in [-0.25, -0.2) is 0 Å². The Morgan fingerprint density at radius 3 is 2.52 bits per heavy atom. The molecule has 1 saturated carbocycles. The predicted molar refractivity (Wildman–Crippen MR) is 92.6 cm³/mol. The van der Waals surface area contributed by atoms with Crippen molar-refractivity contribution in [2.24, 2.45) is 0 Å². The summed E-state index contributed by atoms with van der Waals surface area (Å²) < 4.78 is 6.07. The highest BCUT2D eigenvalue weighted by molar-refractivity contribution is 5.50. The van der Waals surface area contributed by atoms with Gasteiger partial charge in [-0.15, -0.1) is 0 Å². The second kappa shape index (κ2) is 7.77. The summed E-state index contributed by atoms with van der Waals surface area (Å²) >= 11 is 0. The van der Waals surface area contributed by atoms with Crippen molar-refractivity contribution in [2.45, 2.75) is 38.2 Å². The second-order valence-corrected chi connectivity index (χ2v) is 5.93. The minimum atomic E-state index is 0.452. The van der Waals surface area contributed by atoms with Gasteiger partial charge in [0.2, 0.25) is 0 Å². The van der Waals surface area contributed by atoms with E-state index in [9.17, 15) is 4.79 Å². The molecule has 0 radical (unpaired) electrons. The first-order chi connectivity index (χ1) is 11.4. The molecule has 0 spiro atoms. The number of ether oxygens (including phenoxy) is 1. The molecule has 2 aromatic carbocycles. The zero-order valence-corrected chi connectivity index (χ0v) is 13.3. The van der Waals surface area contributed by atoms with E-state index in [1.165, 1.54) is 23.1 Å². The molecule has 3 rings (SSSR count). The van der Waals surface area contributed by atoms with Crippen LogP contribution < -0.4 is 4.74 Å². The lowest BCUT2D eigenvalue weighted by atomic mass is 9.74. The monoisotopic (exact) mass is 306 g/mol. The van der Waals surface area contributed by atoms with E-state index in [0.29, 0.717) is 18.9 Å². The Morgan fingerprint density at radius 2 is 1.78 bits per heavy atom. The smallest absolute Gasteiger partial charge is 0.123 e. The average molecular weight is 306 g/mol. The highest BCUT2D eigenvalue weighted by Gasteiger charge is 2.27. The Kier molecular flexibility index (Phi) is 5.25. The van der Waals surface area contributed by atoms with Gasteiger partial charge in [0.15, 0.2) is 0 Å². The Balaban J connectivity index is 1.71. The van der Waals surface area contributed by atoms with Crippen LogP contribution in [0.4, 0.5) is 0 Å². The Morgan fingerprint density at radius 1 is 1.00 bits per heavy atom. The number of carbonyl (C=O) groups excluding carboxylic acids is 1. The van der Waals surface area contributed by atoms with Crippen molar-refractivity contribution in [2.75, 3.05) is 0 Å². The van der Waals surface area contributed by atoms with E-state index >= 15 is 0 Å². The van der Waals surface area contributed by atoms with Crippen molar-refractivity contribution in [1.29, 1.82) is 0 Å². The molecule has 0 aliphatic heterocycles. The van der Waals surface area contributed by atoms with Gasteiger partial charge in [-0.3, -0.25) is 0 Å². The summed E-state index contributed by atoms with van der Waals surface area (Å²) in [5.41, 5.74) is 3.90. The van der Waals surface area contributed by atoms with Gasteiger partial charge in [0.1, 0.15) is 18.6 Å². The van der Waals surface area contributed by atoms with E-state index < -0.39 is 0 Å². The largest absolute Gasteiger partial charge is 0.489 e. The fourth-order valence-electron chi connectivity index (χ4n) is 3.03. The molecule has 2 aromatic rings. The van der Waals surface area contributed by atoms with Gasteiger partial charge in [-0.05, 0) is 30.9 Å². The first kappa shape index (κ1) is 15.5. The summed E-state index contributed by atoms with van der Waals surface area (Å²) in [6.07, 6.45) is 6.98. The second-order valence-electron chi connectivity index (χ2n) is 5.93. The van der Waals surface area contributed by atoms with Crippen LogP contribution in [0.5, 0.6) is 5.75 Å². The van der Waals surface area contributed by atoms with Crippen LogP contribution in [0.2, 0.25) is 0 Å². The number of hydrogen-bond donors (Lipinski definition) is 0. The average Bonchev–Trinajstić information content (AvgIpc) is 2.58. The van der Waals surface area contributed by atoms with E-state index in [1.54, 1.807) is 0 Å². The van der Waals surface area contributed by atoms with Gasteiger partial charge in [0, 0.05) is 17.9 Å². The van der Waals surface area contributed by atoms with E-state index in [2.05, 4.69) is 36.4 Å². The van der Waals surface area contributed by atoms with Crippen LogP contribution in [0, 0.1) is 0 Å². The minimum absolute atomic E-state index is 0.452. The molecular weight excluding hydrogens is 284 g/mol. The Labute approximate surface area is 137 Å².